The topological polar surface area (TPSA) is 35.6 Å². The van der Waals surface area contributed by atoms with E-state index >= 15 is 0 Å². The van der Waals surface area contributed by atoms with Crippen LogP contribution in [0.2, 0.25) is 0 Å². The number of rotatable bonds is 4. The molecule has 0 bridgehead atoms. The molecule has 0 unspecified atom stereocenters. The van der Waals surface area contributed by atoms with Gasteiger partial charge in [-0.25, -0.2) is 0 Å². The van der Waals surface area contributed by atoms with Crippen molar-refractivity contribution in [2.24, 2.45) is 5.41 Å². The van der Waals surface area contributed by atoms with E-state index in [2.05, 4.69) is 42.8 Å². The summed E-state index contributed by atoms with van der Waals surface area (Å²) < 4.78 is 0. The van der Waals surface area contributed by atoms with Gasteiger partial charge in [-0.05, 0) is 32.1 Å². The fourth-order valence-corrected chi connectivity index (χ4v) is 3.89. The summed E-state index contributed by atoms with van der Waals surface area (Å²) in [6.07, 6.45) is 4.83. The van der Waals surface area contributed by atoms with E-state index in [1.165, 1.54) is 25.7 Å². The van der Waals surface area contributed by atoms with Crippen LogP contribution >= 0.6 is 0 Å². The molecule has 4 nitrogen and oxygen atoms in total. The van der Waals surface area contributed by atoms with Crippen molar-refractivity contribution in [3.05, 3.63) is 0 Å². The molecule has 2 aliphatic heterocycles. The minimum atomic E-state index is -0.361. The molecule has 0 aromatic rings. The average molecular weight is 295 g/mol. The van der Waals surface area contributed by atoms with Gasteiger partial charge < -0.3 is 10.2 Å². The summed E-state index contributed by atoms with van der Waals surface area (Å²) in [5, 5.41) is 3.36. The zero-order valence-electron chi connectivity index (χ0n) is 14.4. The molecule has 0 atom stereocenters. The molecule has 4 heteroatoms. The average Bonchev–Trinajstić information content (AvgIpc) is 2.55. The van der Waals surface area contributed by atoms with Crippen LogP contribution in [0, 0.1) is 5.41 Å². The summed E-state index contributed by atoms with van der Waals surface area (Å²) in [6.45, 7) is 14.6. The first-order valence-corrected chi connectivity index (χ1v) is 8.70. The molecule has 0 saturated carbocycles. The van der Waals surface area contributed by atoms with Crippen molar-refractivity contribution in [2.45, 2.75) is 58.9 Å². The number of carbonyl (C=O) groups excluding carboxylic acids is 1. The van der Waals surface area contributed by atoms with Gasteiger partial charge in [0, 0.05) is 39.3 Å². The smallest absolute Gasteiger partial charge is 0.242 e. The molecule has 0 spiro atoms. The van der Waals surface area contributed by atoms with Crippen LogP contribution in [0.4, 0.5) is 0 Å². The fourth-order valence-electron chi connectivity index (χ4n) is 3.89. The summed E-state index contributed by atoms with van der Waals surface area (Å²) in [5.41, 5.74) is 0.122. The summed E-state index contributed by atoms with van der Waals surface area (Å²) >= 11 is 0. The predicted molar refractivity (Wildman–Crippen MR) is 87.4 cm³/mol. The lowest BCUT2D eigenvalue weighted by Gasteiger charge is -2.46. The van der Waals surface area contributed by atoms with Crippen LogP contribution < -0.4 is 5.32 Å². The molecule has 1 amide bonds. The first kappa shape index (κ1) is 16.8. The van der Waals surface area contributed by atoms with E-state index in [1.807, 2.05) is 0 Å². The Morgan fingerprint density at radius 3 is 2.05 bits per heavy atom. The van der Waals surface area contributed by atoms with Crippen LogP contribution in [0.3, 0.4) is 0 Å². The van der Waals surface area contributed by atoms with Gasteiger partial charge in [-0.15, -0.1) is 0 Å². The predicted octanol–water partition coefficient (Wildman–Crippen LogP) is 2.10. The molecule has 1 N–H and O–H groups in total. The molecule has 2 rings (SSSR count). The SMILES string of the molecule is CCC1(CC)CCN(C(=O)C(C)(C)N2CCNCC2)CC1. The standard InChI is InChI=1S/C17H33N3O/c1-5-17(6-2)7-11-19(12-8-17)15(21)16(3,4)20-13-9-18-10-14-20/h18H,5-14H2,1-4H3. The highest BCUT2D eigenvalue weighted by molar-refractivity contribution is 5.85. The van der Waals surface area contributed by atoms with Crippen LogP contribution in [-0.4, -0.2) is 60.5 Å². The van der Waals surface area contributed by atoms with Crippen molar-refractivity contribution in [2.75, 3.05) is 39.3 Å². The lowest BCUT2D eigenvalue weighted by Crippen LogP contribution is -2.61. The number of amides is 1. The fraction of sp³-hybridized carbons (Fsp3) is 0.941. The number of hydrogen-bond acceptors (Lipinski definition) is 3. The molecule has 21 heavy (non-hydrogen) atoms. The number of piperidine rings is 1. The van der Waals surface area contributed by atoms with Crippen molar-refractivity contribution in [3.63, 3.8) is 0 Å². The molecular weight excluding hydrogens is 262 g/mol. The van der Waals surface area contributed by atoms with Gasteiger partial charge in [0.05, 0.1) is 5.54 Å². The first-order chi connectivity index (χ1) is 9.95. The van der Waals surface area contributed by atoms with E-state index in [1.54, 1.807) is 0 Å². The lowest BCUT2D eigenvalue weighted by molar-refractivity contribution is -0.145. The van der Waals surface area contributed by atoms with Crippen molar-refractivity contribution >= 4 is 5.91 Å². The van der Waals surface area contributed by atoms with Crippen molar-refractivity contribution < 1.29 is 4.79 Å². The summed E-state index contributed by atoms with van der Waals surface area (Å²) in [4.78, 5) is 17.4. The highest BCUT2D eigenvalue weighted by atomic mass is 16.2. The molecule has 2 heterocycles. The Morgan fingerprint density at radius 2 is 1.57 bits per heavy atom. The van der Waals surface area contributed by atoms with Crippen LogP contribution in [-0.2, 0) is 4.79 Å². The van der Waals surface area contributed by atoms with Gasteiger partial charge in [0.2, 0.25) is 5.91 Å². The number of nitrogens with zero attached hydrogens (tertiary/aromatic N) is 2. The maximum atomic E-state index is 13.0. The van der Waals surface area contributed by atoms with E-state index in [-0.39, 0.29) is 5.54 Å². The third-order valence-electron chi connectivity index (χ3n) is 6.04. The summed E-state index contributed by atoms with van der Waals surface area (Å²) in [5.74, 6) is 0.324. The minimum absolute atomic E-state index is 0.324. The Labute approximate surface area is 130 Å². The van der Waals surface area contributed by atoms with Gasteiger partial charge in [-0.1, -0.05) is 26.7 Å². The largest absolute Gasteiger partial charge is 0.341 e. The van der Waals surface area contributed by atoms with E-state index in [9.17, 15) is 4.79 Å². The molecule has 0 aromatic heterocycles. The van der Waals surface area contributed by atoms with Gasteiger partial charge in [0.15, 0.2) is 0 Å². The van der Waals surface area contributed by atoms with E-state index in [0.29, 0.717) is 11.3 Å². The first-order valence-electron chi connectivity index (χ1n) is 8.70. The second-order valence-electron chi connectivity index (χ2n) is 7.30. The number of piperazine rings is 1. The van der Waals surface area contributed by atoms with Gasteiger partial charge in [0.1, 0.15) is 0 Å². The Hall–Kier alpha value is -0.610. The maximum absolute atomic E-state index is 13.0. The normalized spacial score (nSPS) is 24.1. The number of hydrogen-bond donors (Lipinski definition) is 1. The van der Waals surface area contributed by atoms with Crippen LogP contribution in [0.15, 0.2) is 0 Å². The quantitative estimate of drug-likeness (QED) is 0.863. The highest BCUT2D eigenvalue weighted by Gasteiger charge is 2.41. The van der Waals surface area contributed by atoms with Gasteiger partial charge in [-0.3, -0.25) is 9.69 Å². The zero-order chi connectivity index (χ0) is 15.5. The highest BCUT2D eigenvalue weighted by Crippen LogP contribution is 2.38. The summed E-state index contributed by atoms with van der Waals surface area (Å²) in [7, 11) is 0. The maximum Gasteiger partial charge on any atom is 0.242 e. The monoisotopic (exact) mass is 295 g/mol. The molecule has 0 aliphatic carbocycles. The molecule has 2 saturated heterocycles. The zero-order valence-corrected chi connectivity index (χ0v) is 14.4. The third-order valence-corrected chi connectivity index (χ3v) is 6.04. The van der Waals surface area contributed by atoms with Gasteiger partial charge in [0.25, 0.3) is 0 Å². The minimum Gasteiger partial charge on any atom is -0.341 e. The van der Waals surface area contributed by atoms with Crippen LogP contribution in [0.5, 0.6) is 0 Å². The molecule has 0 aromatic carbocycles. The second kappa shape index (κ2) is 6.66. The van der Waals surface area contributed by atoms with Gasteiger partial charge >= 0.3 is 0 Å². The van der Waals surface area contributed by atoms with E-state index in [0.717, 1.165) is 39.3 Å². The van der Waals surface area contributed by atoms with Crippen molar-refractivity contribution in [1.82, 2.24) is 15.1 Å². The Morgan fingerprint density at radius 1 is 1.05 bits per heavy atom. The Kier molecular flexibility index (Phi) is 5.31. The van der Waals surface area contributed by atoms with E-state index in [4.69, 9.17) is 0 Å². The molecular formula is C17H33N3O. The van der Waals surface area contributed by atoms with Crippen LogP contribution in [0.25, 0.3) is 0 Å². The van der Waals surface area contributed by atoms with Crippen molar-refractivity contribution in [1.29, 1.82) is 0 Å². The van der Waals surface area contributed by atoms with Crippen molar-refractivity contribution in [3.8, 4) is 0 Å². The molecule has 2 aliphatic rings. The Bertz CT molecular complexity index is 347. The van der Waals surface area contributed by atoms with Gasteiger partial charge in [-0.2, -0.15) is 0 Å². The summed E-state index contributed by atoms with van der Waals surface area (Å²) in [6, 6.07) is 0. The van der Waals surface area contributed by atoms with E-state index < -0.39 is 0 Å². The second-order valence-corrected chi connectivity index (χ2v) is 7.30. The number of carbonyl (C=O) groups is 1. The molecule has 122 valence electrons. The Balaban J connectivity index is 1.97. The molecule has 0 radical (unpaired) electrons. The number of nitrogens with one attached hydrogen (secondary N) is 1. The number of likely N-dealkylation sites (tertiary alicyclic amines) is 1. The van der Waals surface area contributed by atoms with Crippen LogP contribution in [0.1, 0.15) is 53.4 Å². The molecule has 2 fully saturated rings. The third kappa shape index (κ3) is 3.42. The lowest BCUT2D eigenvalue weighted by atomic mass is 9.74.